The number of aliphatic hydroxyl groups is 1. The smallest absolute Gasteiger partial charge is 0.274 e. The molecule has 5 N–H and O–H groups in total. The first kappa shape index (κ1) is 14.5. The number of carbonyl (C=O) groups is 1. The maximum Gasteiger partial charge on any atom is 0.274 e. The molecule has 6 nitrogen and oxygen atoms in total. The number of anilines is 1. The molecule has 0 aliphatic heterocycles. The molecule has 0 bridgehead atoms. The molecule has 0 saturated heterocycles. The number of nitrogen functional groups attached to an aromatic ring is 1. The second-order valence-electron chi connectivity index (χ2n) is 4.67. The molecule has 0 aromatic carbocycles. The number of aromatic nitrogens is 2. The Bertz CT molecular complexity index is 401. The van der Waals surface area contributed by atoms with Crippen LogP contribution in [0.5, 0.6) is 0 Å². The first-order valence-electron chi connectivity index (χ1n) is 6.27. The van der Waals surface area contributed by atoms with Gasteiger partial charge in [-0.1, -0.05) is 13.3 Å². The molecule has 6 heteroatoms. The Labute approximate surface area is 107 Å². The number of carbonyl (C=O) groups excluding carboxylic acids is 1. The van der Waals surface area contributed by atoms with E-state index in [1.165, 1.54) is 0 Å². The first-order chi connectivity index (χ1) is 8.45. The third-order valence-electron chi connectivity index (χ3n) is 2.67. The van der Waals surface area contributed by atoms with Gasteiger partial charge in [0.25, 0.3) is 5.91 Å². The molecule has 0 aliphatic rings. The fourth-order valence-electron chi connectivity index (χ4n) is 1.86. The third kappa shape index (κ3) is 3.73. The van der Waals surface area contributed by atoms with E-state index in [9.17, 15) is 9.90 Å². The van der Waals surface area contributed by atoms with Gasteiger partial charge in [-0.25, -0.2) is 0 Å². The molecule has 1 heterocycles. The Hall–Kier alpha value is -1.56. The Morgan fingerprint density at radius 1 is 1.56 bits per heavy atom. The molecular weight excluding hydrogens is 232 g/mol. The third-order valence-corrected chi connectivity index (χ3v) is 2.67. The van der Waals surface area contributed by atoms with Crippen LogP contribution in [-0.2, 0) is 6.42 Å². The van der Waals surface area contributed by atoms with E-state index in [1.807, 2.05) is 13.8 Å². The van der Waals surface area contributed by atoms with E-state index in [4.69, 9.17) is 5.73 Å². The average Bonchev–Trinajstić information content (AvgIpc) is 2.59. The number of rotatable bonds is 6. The van der Waals surface area contributed by atoms with Gasteiger partial charge in [0.05, 0.1) is 17.5 Å². The molecule has 1 aromatic rings. The average molecular weight is 254 g/mol. The lowest BCUT2D eigenvalue weighted by Gasteiger charge is -2.14. The Morgan fingerprint density at radius 3 is 2.78 bits per heavy atom. The van der Waals surface area contributed by atoms with Gasteiger partial charge < -0.3 is 16.2 Å². The molecule has 0 saturated carbocycles. The van der Waals surface area contributed by atoms with Crippen LogP contribution in [0.25, 0.3) is 0 Å². The zero-order valence-corrected chi connectivity index (χ0v) is 11.2. The quantitative estimate of drug-likeness (QED) is 0.603. The van der Waals surface area contributed by atoms with Crippen LogP contribution in [-0.4, -0.2) is 33.4 Å². The molecule has 1 amide bonds. The van der Waals surface area contributed by atoms with Crippen LogP contribution in [0.1, 0.15) is 49.8 Å². The van der Waals surface area contributed by atoms with Crippen LogP contribution >= 0.6 is 0 Å². The fraction of sp³-hybridized carbons (Fsp3) is 0.667. The van der Waals surface area contributed by atoms with Crippen molar-refractivity contribution < 1.29 is 9.90 Å². The largest absolute Gasteiger partial charge is 0.395 e. The summed E-state index contributed by atoms with van der Waals surface area (Å²) in [4.78, 5) is 11.9. The molecule has 18 heavy (non-hydrogen) atoms. The van der Waals surface area contributed by atoms with Crippen molar-refractivity contribution >= 4 is 11.6 Å². The molecule has 0 fully saturated rings. The topological polar surface area (TPSA) is 104 Å². The summed E-state index contributed by atoms with van der Waals surface area (Å²) in [6, 6.07) is -0.122. The molecule has 0 radical (unpaired) electrons. The highest BCUT2D eigenvalue weighted by Crippen LogP contribution is 2.15. The minimum Gasteiger partial charge on any atom is -0.395 e. The van der Waals surface area contributed by atoms with Crippen LogP contribution in [0.3, 0.4) is 0 Å². The van der Waals surface area contributed by atoms with E-state index in [0.29, 0.717) is 12.1 Å². The molecule has 1 aromatic heterocycles. The van der Waals surface area contributed by atoms with E-state index in [-0.39, 0.29) is 17.6 Å². The highest BCUT2D eigenvalue weighted by Gasteiger charge is 2.18. The van der Waals surface area contributed by atoms with Gasteiger partial charge in [-0.15, -0.1) is 0 Å². The van der Waals surface area contributed by atoms with Crippen LogP contribution < -0.4 is 11.1 Å². The summed E-state index contributed by atoms with van der Waals surface area (Å²) in [6.07, 6.45) is 1.76. The lowest BCUT2D eigenvalue weighted by molar-refractivity contribution is 0.0919. The first-order valence-corrected chi connectivity index (χ1v) is 6.27. The maximum absolute atomic E-state index is 11.9. The predicted molar refractivity (Wildman–Crippen MR) is 70.2 cm³/mol. The van der Waals surface area contributed by atoms with Gasteiger partial charge in [0.15, 0.2) is 5.69 Å². The minimum absolute atomic E-state index is 0.122. The van der Waals surface area contributed by atoms with Crippen molar-refractivity contribution in [2.75, 3.05) is 5.73 Å². The van der Waals surface area contributed by atoms with Gasteiger partial charge in [0, 0.05) is 6.04 Å². The Kier molecular flexibility index (Phi) is 5.15. The molecule has 0 spiro atoms. The number of hydrogen-bond donors (Lipinski definition) is 4. The van der Waals surface area contributed by atoms with Crippen LogP contribution in [0.15, 0.2) is 0 Å². The molecular formula is C12H22N4O2. The number of aliphatic hydroxyl groups excluding tert-OH is 1. The highest BCUT2D eigenvalue weighted by atomic mass is 16.3. The number of aryl methyl sites for hydroxylation is 1. The zero-order chi connectivity index (χ0) is 13.7. The lowest BCUT2D eigenvalue weighted by atomic mass is 10.1. The van der Waals surface area contributed by atoms with Crippen molar-refractivity contribution in [3.63, 3.8) is 0 Å². The summed E-state index contributed by atoms with van der Waals surface area (Å²) >= 11 is 0. The molecule has 2 unspecified atom stereocenters. The number of aromatic amines is 1. The number of hydrogen-bond acceptors (Lipinski definition) is 4. The van der Waals surface area contributed by atoms with E-state index < -0.39 is 6.10 Å². The van der Waals surface area contributed by atoms with Gasteiger partial charge in [-0.05, 0) is 26.7 Å². The summed E-state index contributed by atoms with van der Waals surface area (Å²) in [7, 11) is 0. The lowest BCUT2D eigenvalue weighted by Crippen LogP contribution is -2.35. The number of nitrogens with two attached hydrogens (primary N) is 1. The molecule has 102 valence electrons. The zero-order valence-electron chi connectivity index (χ0n) is 11.2. The second kappa shape index (κ2) is 6.39. The van der Waals surface area contributed by atoms with E-state index in [2.05, 4.69) is 15.5 Å². The van der Waals surface area contributed by atoms with Gasteiger partial charge in [-0.3, -0.25) is 9.89 Å². The molecule has 0 aliphatic carbocycles. The summed E-state index contributed by atoms with van der Waals surface area (Å²) in [5.41, 5.74) is 7.31. The van der Waals surface area contributed by atoms with Crippen molar-refractivity contribution in [1.82, 2.24) is 15.5 Å². The van der Waals surface area contributed by atoms with Crippen LogP contribution in [0.2, 0.25) is 0 Å². The van der Waals surface area contributed by atoms with Crippen molar-refractivity contribution in [2.24, 2.45) is 0 Å². The predicted octanol–water partition coefficient (Wildman–Crippen LogP) is 0.834. The summed E-state index contributed by atoms with van der Waals surface area (Å²) < 4.78 is 0. The van der Waals surface area contributed by atoms with Gasteiger partial charge in [0.2, 0.25) is 0 Å². The monoisotopic (exact) mass is 254 g/mol. The summed E-state index contributed by atoms with van der Waals surface area (Å²) in [6.45, 7) is 5.55. The maximum atomic E-state index is 11.9. The number of amides is 1. The normalized spacial score (nSPS) is 14.2. The van der Waals surface area contributed by atoms with Crippen molar-refractivity contribution in [1.29, 1.82) is 0 Å². The van der Waals surface area contributed by atoms with E-state index in [1.54, 1.807) is 6.92 Å². The number of nitrogens with one attached hydrogen (secondary N) is 2. The Balaban J connectivity index is 2.67. The molecule has 1 rings (SSSR count). The highest BCUT2D eigenvalue weighted by molar-refractivity contribution is 5.97. The Morgan fingerprint density at radius 2 is 2.22 bits per heavy atom. The number of nitrogens with zero attached hydrogens (tertiary/aromatic N) is 1. The van der Waals surface area contributed by atoms with E-state index >= 15 is 0 Å². The summed E-state index contributed by atoms with van der Waals surface area (Å²) in [5, 5.41) is 18.7. The summed E-state index contributed by atoms with van der Waals surface area (Å²) in [5.74, 6) is -0.306. The van der Waals surface area contributed by atoms with Gasteiger partial charge in [-0.2, -0.15) is 5.10 Å². The van der Waals surface area contributed by atoms with Crippen LogP contribution in [0, 0.1) is 0 Å². The van der Waals surface area contributed by atoms with Crippen molar-refractivity contribution in [3.05, 3.63) is 11.4 Å². The second-order valence-corrected chi connectivity index (χ2v) is 4.67. The van der Waals surface area contributed by atoms with E-state index in [0.717, 1.165) is 18.5 Å². The van der Waals surface area contributed by atoms with Gasteiger partial charge in [0.1, 0.15) is 0 Å². The van der Waals surface area contributed by atoms with Crippen molar-refractivity contribution in [3.8, 4) is 0 Å². The number of H-pyrrole nitrogens is 1. The van der Waals surface area contributed by atoms with Crippen LogP contribution in [0.4, 0.5) is 5.69 Å². The fourth-order valence-corrected chi connectivity index (χ4v) is 1.86. The standard InChI is InChI=1S/C12H22N4O2/c1-4-5-9-10(13)11(16-15-9)12(18)14-7(2)6-8(3)17/h7-8,17H,4-6,13H2,1-3H3,(H,14,18)(H,15,16). The molecule has 2 atom stereocenters. The van der Waals surface area contributed by atoms with Gasteiger partial charge >= 0.3 is 0 Å². The SMILES string of the molecule is CCCc1[nH]nc(C(=O)NC(C)CC(C)O)c1N. The van der Waals surface area contributed by atoms with Crippen molar-refractivity contribution in [2.45, 2.75) is 52.2 Å². The minimum atomic E-state index is -0.451.